The molecule has 0 spiro atoms. The van der Waals surface area contributed by atoms with Crippen LogP contribution < -0.4 is 4.90 Å². The number of hydrogen-bond donors (Lipinski definition) is 0. The Labute approximate surface area is 206 Å². The molecule has 0 N–H and O–H groups in total. The number of hydrogen-bond acceptors (Lipinski definition) is 8. The fourth-order valence-electron chi connectivity index (χ4n) is 4.15. The minimum Gasteiger partial charge on any atom is -0.451 e. The van der Waals surface area contributed by atoms with Gasteiger partial charge in [-0.25, -0.2) is 0 Å². The molecule has 4 aromatic rings. The fraction of sp³-hybridized carbons (Fsp3) is 0.280. The lowest BCUT2D eigenvalue weighted by molar-refractivity contribution is 0.0736. The van der Waals surface area contributed by atoms with E-state index in [0.717, 1.165) is 51.1 Å². The smallest absolute Gasteiger partial charge is 0.289 e. The van der Waals surface area contributed by atoms with Crippen LogP contribution in [0.15, 0.2) is 57.3 Å². The molecule has 1 aliphatic rings. The molecule has 2 aromatic carbocycles. The van der Waals surface area contributed by atoms with Gasteiger partial charge in [-0.15, -0.1) is 10.2 Å². The first-order valence-electron chi connectivity index (χ1n) is 11.1. The van der Waals surface area contributed by atoms with E-state index in [2.05, 4.69) is 21.2 Å². The predicted octanol–water partition coefficient (Wildman–Crippen LogP) is 5.11. The Balaban J connectivity index is 1.35. The minimum atomic E-state index is -0.0677. The average Bonchev–Trinajstić information content (AvgIpc) is 3.36. The molecule has 1 amide bonds. The van der Waals surface area contributed by atoms with Gasteiger partial charge in [-0.3, -0.25) is 4.79 Å². The number of carbonyl (C=O) groups is 1. The summed E-state index contributed by atoms with van der Waals surface area (Å²) in [4.78, 5) is 17.8. The van der Waals surface area contributed by atoms with Crippen LogP contribution in [0.2, 0.25) is 0 Å². The zero-order valence-electron chi connectivity index (χ0n) is 18.7. The van der Waals surface area contributed by atoms with Crippen LogP contribution in [0.1, 0.15) is 33.1 Å². The molecule has 0 atom stereocenters. The summed E-state index contributed by atoms with van der Waals surface area (Å²) in [6, 6.07) is 17.6. The van der Waals surface area contributed by atoms with E-state index in [-0.39, 0.29) is 5.91 Å². The summed E-state index contributed by atoms with van der Waals surface area (Å²) in [6.07, 6.45) is 0.861. The van der Waals surface area contributed by atoms with Crippen LogP contribution in [0.5, 0.6) is 0 Å². The van der Waals surface area contributed by atoms with E-state index in [9.17, 15) is 4.79 Å². The third kappa shape index (κ3) is 4.65. The molecule has 9 heteroatoms. The van der Waals surface area contributed by atoms with Gasteiger partial charge < -0.3 is 14.2 Å². The zero-order chi connectivity index (χ0) is 23.5. The number of carbonyl (C=O) groups excluding carboxylic acids is 1. The largest absolute Gasteiger partial charge is 0.451 e. The Kier molecular flexibility index (Phi) is 6.52. The highest BCUT2D eigenvalue weighted by Gasteiger charge is 2.27. The van der Waals surface area contributed by atoms with Crippen LogP contribution in [0.4, 0.5) is 5.69 Å². The molecule has 3 heterocycles. The van der Waals surface area contributed by atoms with Crippen molar-refractivity contribution in [1.82, 2.24) is 15.1 Å². The predicted molar refractivity (Wildman–Crippen MR) is 134 cm³/mol. The van der Waals surface area contributed by atoms with Crippen LogP contribution in [0.25, 0.3) is 11.0 Å². The van der Waals surface area contributed by atoms with E-state index in [0.29, 0.717) is 30.2 Å². The lowest BCUT2D eigenvalue weighted by atomic mass is 10.1. The Morgan fingerprint density at radius 3 is 2.71 bits per heavy atom. The maximum Gasteiger partial charge on any atom is 0.289 e. The van der Waals surface area contributed by atoms with Crippen LogP contribution in [-0.4, -0.2) is 47.2 Å². The number of aromatic nitrogens is 2. The van der Waals surface area contributed by atoms with Crippen molar-refractivity contribution >= 4 is 45.7 Å². The molecule has 1 fully saturated rings. The quantitative estimate of drug-likeness (QED) is 0.360. The maximum atomic E-state index is 13.6. The molecule has 2 aromatic heterocycles. The highest BCUT2D eigenvalue weighted by molar-refractivity contribution is 8.00. The van der Waals surface area contributed by atoms with Gasteiger partial charge in [-0.05, 0) is 43.7 Å². The summed E-state index contributed by atoms with van der Waals surface area (Å²) in [5.74, 6) is 0.946. The van der Waals surface area contributed by atoms with Crippen molar-refractivity contribution in [3.05, 3.63) is 70.4 Å². The fourth-order valence-corrected chi connectivity index (χ4v) is 6.00. The first-order valence-corrected chi connectivity index (χ1v) is 12.9. The molecule has 0 radical (unpaired) electrons. The van der Waals surface area contributed by atoms with Gasteiger partial charge in [-0.2, -0.15) is 5.26 Å². The van der Waals surface area contributed by atoms with E-state index >= 15 is 0 Å². The van der Waals surface area contributed by atoms with Gasteiger partial charge in [0.1, 0.15) is 10.6 Å². The molecule has 0 unspecified atom stereocenters. The Morgan fingerprint density at radius 2 is 1.94 bits per heavy atom. The van der Waals surface area contributed by atoms with E-state index in [1.807, 2.05) is 60.4 Å². The molecule has 34 heavy (non-hydrogen) atoms. The Bertz CT molecular complexity index is 1360. The molecule has 172 valence electrons. The number of thioether (sulfide) groups is 1. The van der Waals surface area contributed by atoms with Gasteiger partial charge in [0, 0.05) is 48.6 Å². The number of fused-ring (bicyclic) bond motifs is 1. The summed E-state index contributed by atoms with van der Waals surface area (Å²) in [6.45, 7) is 4.80. The summed E-state index contributed by atoms with van der Waals surface area (Å²) < 4.78 is 6.99. The number of aryl methyl sites for hydroxylation is 1. The highest BCUT2D eigenvalue weighted by atomic mass is 32.2. The summed E-state index contributed by atoms with van der Waals surface area (Å²) >= 11 is 3.13. The topological polar surface area (TPSA) is 86.3 Å². The number of furan rings is 1. The van der Waals surface area contributed by atoms with E-state index in [1.54, 1.807) is 23.1 Å². The molecule has 0 bridgehead atoms. The Hall–Kier alpha value is -3.35. The first kappa shape index (κ1) is 22.4. The normalized spacial score (nSPS) is 14.2. The zero-order valence-corrected chi connectivity index (χ0v) is 20.4. The van der Waals surface area contributed by atoms with Gasteiger partial charge in [0.15, 0.2) is 10.1 Å². The van der Waals surface area contributed by atoms with Crippen molar-refractivity contribution in [2.24, 2.45) is 0 Å². The van der Waals surface area contributed by atoms with Gasteiger partial charge in [0.25, 0.3) is 5.91 Å². The molecule has 1 saturated heterocycles. The van der Waals surface area contributed by atoms with Crippen molar-refractivity contribution in [2.45, 2.75) is 23.4 Å². The molecule has 5 rings (SSSR count). The van der Waals surface area contributed by atoms with Crippen molar-refractivity contribution in [2.75, 3.05) is 31.1 Å². The summed E-state index contributed by atoms with van der Waals surface area (Å²) in [5, 5.41) is 19.2. The Morgan fingerprint density at radius 1 is 1.12 bits per heavy atom. The number of rotatable bonds is 5. The SMILES string of the molecule is Cc1nnc(SCc2c(C(=O)N3CCCN(c4ccc(C#N)cc4)CC3)oc3ccccc23)s1. The third-order valence-electron chi connectivity index (χ3n) is 5.88. The number of anilines is 1. The highest BCUT2D eigenvalue weighted by Crippen LogP contribution is 2.34. The van der Waals surface area contributed by atoms with Crippen LogP contribution in [0, 0.1) is 18.3 Å². The second kappa shape index (κ2) is 9.87. The van der Waals surface area contributed by atoms with Crippen molar-refractivity contribution in [1.29, 1.82) is 5.26 Å². The molecule has 1 aliphatic heterocycles. The first-order chi connectivity index (χ1) is 16.6. The van der Waals surface area contributed by atoms with Crippen LogP contribution in [0.3, 0.4) is 0 Å². The number of nitriles is 1. The van der Waals surface area contributed by atoms with E-state index < -0.39 is 0 Å². The van der Waals surface area contributed by atoms with Crippen LogP contribution >= 0.6 is 23.1 Å². The lowest BCUT2D eigenvalue weighted by Crippen LogP contribution is -2.35. The molecule has 7 nitrogen and oxygen atoms in total. The van der Waals surface area contributed by atoms with Crippen LogP contribution in [-0.2, 0) is 5.75 Å². The van der Waals surface area contributed by atoms with Gasteiger partial charge in [0.2, 0.25) is 0 Å². The summed E-state index contributed by atoms with van der Waals surface area (Å²) in [5.41, 5.74) is 3.35. The second-order valence-electron chi connectivity index (χ2n) is 8.07. The van der Waals surface area contributed by atoms with Crippen molar-refractivity contribution < 1.29 is 9.21 Å². The monoisotopic (exact) mass is 489 g/mol. The second-order valence-corrected chi connectivity index (χ2v) is 10.5. The van der Waals surface area contributed by atoms with E-state index in [4.69, 9.17) is 9.68 Å². The third-order valence-corrected chi connectivity index (χ3v) is 7.88. The van der Waals surface area contributed by atoms with Gasteiger partial charge >= 0.3 is 0 Å². The van der Waals surface area contributed by atoms with Crippen molar-refractivity contribution in [3.8, 4) is 6.07 Å². The molecular weight excluding hydrogens is 466 g/mol. The van der Waals surface area contributed by atoms with Gasteiger partial charge in [-0.1, -0.05) is 41.3 Å². The standard InChI is InChI=1S/C25H23N5O2S2/c1-17-27-28-25(34-17)33-16-21-20-5-2-3-6-22(20)32-23(21)24(31)30-12-4-11-29(13-14-30)19-9-7-18(15-26)8-10-19/h2-3,5-10H,4,11-14,16H2,1H3. The average molecular weight is 490 g/mol. The number of amides is 1. The molecular formula is C25H23N5O2S2. The van der Waals surface area contributed by atoms with E-state index in [1.165, 1.54) is 0 Å². The minimum absolute atomic E-state index is 0.0677. The number of nitrogens with zero attached hydrogens (tertiary/aromatic N) is 5. The molecule has 0 saturated carbocycles. The number of para-hydroxylation sites is 1. The van der Waals surface area contributed by atoms with Crippen molar-refractivity contribution in [3.63, 3.8) is 0 Å². The summed E-state index contributed by atoms with van der Waals surface area (Å²) in [7, 11) is 0. The maximum absolute atomic E-state index is 13.6. The molecule has 0 aliphatic carbocycles. The number of benzene rings is 2. The lowest BCUT2D eigenvalue weighted by Gasteiger charge is -2.23. The van der Waals surface area contributed by atoms with Gasteiger partial charge in [0.05, 0.1) is 11.6 Å².